The summed E-state index contributed by atoms with van der Waals surface area (Å²) < 4.78 is 5.09. The molecule has 0 aromatic rings. The molecule has 0 bridgehead atoms. The fourth-order valence-corrected chi connectivity index (χ4v) is 2.43. The highest BCUT2D eigenvalue weighted by molar-refractivity contribution is 6.26. The van der Waals surface area contributed by atoms with Gasteiger partial charge in [-0.3, -0.25) is 9.59 Å². The summed E-state index contributed by atoms with van der Waals surface area (Å²) in [7, 11) is 3.43. The first kappa shape index (κ1) is 20.6. The summed E-state index contributed by atoms with van der Waals surface area (Å²) in [6.45, 7) is 3.34. The Morgan fingerprint density at radius 1 is 1.28 bits per heavy atom. The number of nitrogens with zero attached hydrogens (tertiary/aromatic N) is 2. The normalized spacial score (nSPS) is 16.7. The number of carbonyl (C=O) groups excluding carboxylic acids is 3. The van der Waals surface area contributed by atoms with Gasteiger partial charge in [0.2, 0.25) is 0 Å². The standard InChI is InChI=1S/C16H26N4O5/c1-10(2)25-16(24)12(6-5-11(21)9-17)18-14(23)13(22)15-19(3)7-8-20(15)4/h7-10,12-13,15,17,22H,5-6H2,1-4H3,(H,18,23)/t12-,13-/m0/s1. The van der Waals surface area contributed by atoms with Crippen molar-refractivity contribution in [2.24, 2.45) is 0 Å². The van der Waals surface area contributed by atoms with Crippen LogP contribution in [-0.2, 0) is 19.1 Å². The maximum absolute atomic E-state index is 12.4. The van der Waals surface area contributed by atoms with Gasteiger partial charge in [-0.15, -0.1) is 0 Å². The van der Waals surface area contributed by atoms with Gasteiger partial charge < -0.3 is 30.4 Å². The molecule has 0 spiro atoms. The molecular formula is C16H26N4O5. The Morgan fingerprint density at radius 3 is 2.32 bits per heavy atom. The van der Waals surface area contributed by atoms with Gasteiger partial charge in [0.1, 0.15) is 12.2 Å². The van der Waals surface area contributed by atoms with Gasteiger partial charge in [-0.2, -0.15) is 0 Å². The lowest BCUT2D eigenvalue weighted by atomic mass is 10.1. The predicted octanol–water partition coefficient (Wildman–Crippen LogP) is -0.543. The maximum atomic E-state index is 12.4. The molecule has 0 aromatic heterocycles. The number of esters is 1. The first-order valence-corrected chi connectivity index (χ1v) is 8.01. The molecule has 1 aliphatic rings. The van der Waals surface area contributed by atoms with Gasteiger partial charge in [0.25, 0.3) is 5.91 Å². The van der Waals surface area contributed by atoms with Crippen LogP contribution >= 0.6 is 0 Å². The Kier molecular flexibility index (Phi) is 7.56. The van der Waals surface area contributed by atoms with Crippen LogP contribution in [0, 0.1) is 5.41 Å². The molecule has 0 saturated heterocycles. The van der Waals surface area contributed by atoms with E-state index in [1.54, 1.807) is 50.1 Å². The molecule has 2 atom stereocenters. The van der Waals surface area contributed by atoms with Crippen molar-refractivity contribution in [3.8, 4) is 0 Å². The number of aliphatic hydroxyl groups is 1. The number of Topliss-reactive ketones (excluding diaryl/α,β-unsaturated/α-hetero) is 1. The fourth-order valence-electron chi connectivity index (χ4n) is 2.43. The summed E-state index contributed by atoms with van der Waals surface area (Å²) in [6.07, 6.45) is 1.63. The summed E-state index contributed by atoms with van der Waals surface area (Å²) in [5.41, 5.74) is 0. The number of ketones is 1. The number of ether oxygens (including phenoxy) is 1. The Hall–Kier alpha value is -2.42. The molecule has 9 heteroatoms. The Labute approximate surface area is 147 Å². The largest absolute Gasteiger partial charge is 0.461 e. The molecule has 0 saturated carbocycles. The molecule has 0 aromatic carbocycles. The van der Waals surface area contributed by atoms with Crippen LogP contribution < -0.4 is 5.32 Å². The minimum atomic E-state index is -1.40. The molecule has 25 heavy (non-hydrogen) atoms. The van der Waals surface area contributed by atoms with Crippen LogP contribution in [0.15, 0.2) is 12.4 Å². The monoisotopic (exact) mass is 354 g/mol. The Bertz CT molecular complexity index is 537. The van der Waals surface area contributed by atoms with E-state index < -0.39 is 36.0 Å². The van der Waals surface area contributed by atoms with Crippen molar-refractivity contribution in [3.05, 3.63) is 12.4 Å². The smallest absolute Gasteiger partial charge is 0.328 e. The second-order valence-electron chi connectivity index (χ2n) is 6.18. The third kappa shape index (κ3) is 5.86. The number of aliphatic hydroxyl groups excluding tert-OH is 1. The molecule has 0 aliphatic carbocycles. The fraction of sp³-hybridized carbons (Fsp3) is 0.625. The van der Waals surface area contributed by atoms with Crippen molar-refractivity contribution in [2.75, 3.05) is 14.1 Å². The average Bonchev–Trinajstić information content (AvgIpc) is 2.87. The maximum Gasteiger partial charge on any atom is 0.328 e. The van der Waals surface area contributed by atoms with Crippen LogP contribution in [0.1, 0.15) is 26.7 Å². The molecular weight excluding hydrogens is 328 g/mol. The molecule has 1 rings (SSSR count). The van der Waals surface area contributed by atoms with Gasteiger partial charge in [-0.1, -0.05) is 0 Å². The highest BCUT2D eigenvalue weighted by Crippen LogP contribution is 2.15. The molecule has 3 N–H and O–H groups in total. The Balaban J connectivity index is 2.77. The molecule has 1 aliphatic heterocycles. The number of amides is 1. The molecule has 140 valence electrons. The summed E-state index contributed by atoms with van der Waals surface area (Å²) in [5, 5.41) is 19.7. The first-order chi connectivity index (χ1) is 11.7. The van der Waals surface area contributed by atoms with E-state index >= 15 is 0 Å². The van der Waals surface area contributed by atoms with Gasteiger partial charge in [-0.25, -0.2) is 4.79 Å². The van der Waals surface area contributed by atoms with E-state index in [0.29, 0.717) is 6.21 Å². The molecule has 0 radical (unpaired) electrons. The third-order valence-corrected chi connectivity index (χ3v) is 3.72. The van der Waals surface area contributed by atoms with Crippen molar-refractivity contribution in [1.82, 2.24) is 15.1 Å². The molecule has 0 unspecified atom stereocenters. The molecule has 1 amide bonds. The van der Waals surface area contributed by atoms with E-state index in [1.165, 1.54) is 0 Å². The van der Waals surface area contributed by atoms with E-state index in [1.807, 2.05) is 0 Å². The van der Waals surface area contributed by atoms with Crippen LogP contribution in [0.25, 0.3) is 0 Å². The van der Waals surface area contributed by atoms with Crippen LogP contribution in [0.5, 0.6) is 0 Å². The van der Waals surface area contributed by atoms with Gasteiger partial charge in [-0.05, 0) is 20.3 Å². The minimum absolute atomic E-state index is 0.00712. The summed E-state index contributed by atoms with van der Waals surface area (Å²) in [4.78, 5) is 39.1. The predicted molar refractivity (Wildman–Crippen MR) is 90.6 cm³/mol. The number of carbonyl (C=O) groups is 3. The lowest BCUT2D eigenvalue weighted by Gasteiger charge is -2.31. The van der Waals surface area contributed by atoms with Crippen molar-refractivity contribution in [1.29, 1.82) is 5.41 Å². The van der Waals surface area contributed by atoms with Gasteiger partial charge >= 0.3 is 5.97 Å². The zero-order valence-corrected chi connectivity index (χ0v) is 14.9. The number of hydrogen-bond donors (Lipinski definition) is 3. The van der Waals surface area contributed by atoms with E-state index in [4.69, 9.17) is 10.1 Å². The van der Waals surface area contributed by atoms with Crippen LogP contribution in [0.3, 0.4) is 0 Å². The van der Waals surface area contributed by atoms with Crippen molar-refractivity contribution in [3.63, 3.8) is 0 Å². The highest BCUT2D eigenvalue weighted by Gasteiger charge is 2.35. The van der Waals surface area contributed by atoms with Gasteiger partial charge in [0, 0.05) is 32.9 Å². The van der Waals surface area contributed by atoms with Crippen molar-refractivity contribution >= 4 is 23.9 Å². The highest BCUT2D eigenvalue weighted by atomic mass is 16.5. The second-order valence-corrected chi connectivity index (χ2v) is 6.18. The number of hydrogen-bond acceptors (Lipinski definition) is 8. The number of rotatable bonds is 9. The topological polar surface area (TPSA) is 123 Å². The van der Waals surface area contributed by atoms with Gasteiger partial charge in [0.15, 0.2) is 11.9 Å². The van der Waals surface area contributed by atoms with E-state index in [-0.39, 0.29) is 18.9 Å². The first-order valence-electron chi connectivity index (χ1n) is 8.01. The average molecular weight is 354 g/mol. The zero-order valence-electron chi connectivity index (χ0n) is 14.9. The van der Waals surface area contributed by atoms with Crippen molar-refractivity contribution < 1.29 is 24.2 Å². The lowest BCUT2D eigenvalue weighted by molar-refractivity contribution is -0.153. The van der Waals surface area contributed by atoms with Crippen LogP contribution in [0.4, 0.5) is 0 Å². The van der Waals surface area contributed by atoms with Gasteiger partial charge in [0.05, 0.1) is 12.3 Å². The summed E-state index contributed by atoms with van der Waals surface area (Å²) >= 11 is 0. The van der Waals surface area contributed by atoms with Crippen molar-refractivity contribution in [2.45, 2.75) is 51.1 Å². The molecule has 9 nitrogen and oxygen atoms in total. The third-order valence-electron chi connectivity index (χ3n) is 3.72. The Morgan fingerprint density at radius 2 is 1.84 bits per heavy atom. The quantitative estimate of drug-likeness (QED) is 0.375. The minimum Gasteiger partial charge on any atom is -0.461 e. The molecule has 0 fully saturated rings. The van der Waals surface area contributed by atoms with Crippen LogP contribution in [-0.4, -0.2) is 77.3 Å². The summed E-state index contributed by atoms with van der Waals surface area (Å²) in [5.74, 6) is -1.88. The van der Waals surface area contributed by atoms with Crippen LogP contribution in [0.2, 0.25) is 0 Å². The van der Waals surface area contributed by atoms with E-state index in [2.05, 4.69) is 5.32 Å². The van der Waals surface area contributed by atoms with E-state index in [0.717, 1.165) is 0 Å². The number of nitrogens with one attached hydrogen (secondary N) is 2. The SMILES string of the molecule is CC(C)OC(=O)[C@H](CCC(=O)C=N)NC(=O)[C@H](O)C1N(C)C=CN1C. The zero-order chi connectivity index (χ0) is 19.1. The number of likely N-dealkylation sites (N-methyl/N-ethyl adjacent to an activating group) is 2. The lowest BCUT2D eigenvalue weighted by Crippen LogP contribution is -2.55. The summed E-state index contributed by atoms with van der Waals surface area (Å²) in [6, 6.07) is -1.07. The second kappa shape index (κ2) is 9.16. The van der Waals surface area contributed by atoms with E-state index in [9.17, 15) is 19.5 Å². The molecule has 1 heterocycles.